The molecule has 1 unspecified atom stereocenters. The van der Waals surface area contributed by atoms with E-state index < -0.39 is 17.7 Å². The summed E-state index contributed by atoms with van der Waals surface area (Å²) in [7, 11) is 0. The zero-order valence-corrected chi connectivity index (χ0v) is 12.1. The molecule has 0 saturated carbocycles. The number of halogens is 2. The Hall–Kier alpha value is -1.78. The first-order valence-electron chi connectivity index (χ1n) is 6.91. The molecule has 0 aliphatic carbocycles. The van der Waals surface area contributed by atoms with E-state index in [1.54, 1.807) is 0 Å². The lowest BCUT2D eigenvalue weighted by Gasteiger charge is -2.18. The Morgan fingerprint density at radius 2 is 1.62 bits per heavy atom. The van der Waals surface area contributed by atoms with Crippen molar-refractivity contribution in [1.29, 1.82) is 0 Å². The van der Waals surface area contributed by atoms with E-state index in [0.29, 0.717) is 0 Å². The van der Waals surface area contributed by atoms with Gasteiger partial charge < -0.3 is 10.4 Å². The molecule has 0 amide bonds. The molecule has 2 atom stereocenters. The summed E-state index contributed by atoms with van der Waals surface area (Å²) in [6.45, 7) is 4.02. The second-order valence-electron chi connectivity index (χ2n) is 5.19. The van der Waals surface area contributed by atoms with E-state index >= 15 is 0 Å². The molecule has 112 valence electrons. The second-order valence-corrected chi connectivity index (χ2v) is 5.19. The van der Waals surface area contributed by atoms with Crippen LogP contribution in [-0.2, 0) is 0 Å². The standard InChI is InChI=1S/C17H19F2NO/c1-11-6-8-13(9-7-11)12(2)20-10-16(21)17-14(18)4-3-5-15(17)19/h3-9,12,16,20-21H,10H2,1-2H3/t12-,16?/m0/s1. The quantitative estimate of drug-likeness (QED) is 0.881. The fraction of sp³-hybridized carbons (Fsp3) is 0.294. The molecule has 4 heteroatoms. The highest BCUT2D eigenvalue weighted by molar-refractivity contribution is 5.24. The van der Waals surface area contributed by atoms with Gasteiger partial charge >= 0.3 is 0 Å². The molecule has 0 aliphatic heterocycles. The van der Waals surface area contributed by atoms with Gasteiger partial charge in [0, 0.05) is 12.6 Å². The highest BCUT2D eigenvalue weighted by Crippen LogP contribution is 2.21. The maximum absolute atomic E-state index is 13.6. The molecule has 2 aromatic carbocycles. The molecular formula is C17H19F2NO. The maximum atomic E-state index is 13.6. The average Bonchev–Trinajstić information content (AvgIpc) is 2.45. The van der Waals surface area contributed by atoms with Crippen LogP contribution in [0, 0.1) is 18.6 Å². The Kier molecular flexibility index (Phi) is 5.04. The predicted octanol–water partition coefficient (Wildman–Crippen LogP) is 3.66. The van der Waals surface area contributed by atoms with Crippen molar-refractivity contribution < 1.29 is 13.9 Å². The van der Waals surface area contributed by atoms with Gasteiger partial charge in [-0.25, -0.2) is 8.78 Å². The summed E-state index contributed by atoms with van der Waals surface area (Å²) in [5.74, 6) is -1.46. The fourth-order valence-electron chi connectivity index (χ4n) is 2.19. The number of aliphatic hydroxyl groups is 1. The van der Waals surface area contributed by atoms with Crippen molar-refractivity contribution in [3.8, 4) is 0 Å². The first-order chi connectivity index (χ1) is 9.99. The molecule has 0 spiro atoms. The summed E-state index contributed by atoms with van der Waals surface area (Å²) >= 11 is 0. The van der Waals surface area contributed by atoms with Gasteiger partial charge in [0.1, 0.15) is 11.6 Å². The van der Waals surface area contributed by atoms with Gasteiger partial charge in [-0.1, -0.05) is 35.9 Å². The van der Waals surface area contributed by atoms with E-state index in [0.717, 1.165) is 17.7 Å². The van der Waals surface area contributed by atoms with Crippen LogP contribution in [0.4, 0.5) is 8.78 Å². The van der Waals surface area contributed by atoms with Gasteiger partial charge in [0.15, 0.2) is 0 Å². The van der Waals surface area contributed by atoms with Gasteiger partial charge in [-0.05, 0) is 31.5 Å². The number of nitrogens with one attached hydrogen (secondary N) is 1. The van der Waals surface area contributed by atoms with Crippen LogP contribution < -0.4 is 5.32 Å². The van der Waals surface area contributed by atoms with E-state index in [1.165, 1.54) is 11.6 Å². The summed E-state index contributed by atoms with van der Waals surface area (Å²) < 4.78 is 27.1. The highest BCUT2D eigenvalue weighted by atomic mass is 19.1. The first-order valence-corrected chi connectivity index (χ1v) is 6.91. The Morgan fingerprint density at radius 1 is 1.05 bits per heavy atom. The summed E-state index contributed by atoms with van der Waals surface area (Å²) in [4.78, 5) is 0. The third kappa shape index (κ3) is 3.86. The van der Waals surface area contributed by atoms with Crippen LogP contribution in [0.5, 0.6) is 0 Å². The minimum Gasteiger partial charge on any atom is -0.387 e. The number of aryl methyl sites for hydroxylation is 1. The monoisotopic (exact) mass is 291 g/mol. The normalized spacial score (nSPS) is 14.0. The SMILES string of the molecule is Cc1ccc([C@H](C)NCC(O)c2c(F)cccc2F)cc1. The number of hydrogen-bond donors (Lipinski definition) is 2. The summed E-state index contributed by atoms with van der Waals surface area (Å²) in [5.41, 5.74) is 1.93. The summed E-state index contributed by atoms with van der Waals surface area (Å²) in [6.07, 6.45) is -1.22. The van der Waals surface area contributed by atoms with E-state index in [2.05, 4.69) is 5.32 Å². The Morgan fingerprint density at radius 3 is 2.19 bits per heavy atom. The van der Waals surface area contributed by atoms with Crippen LogP contribution in [0.1, 0.15) is 35.8 Å². The number of aliphatic hydroxyl groups excluding tert-OH is 1. The molecule has 0 saturated heterocycles. The topological polar surface area (TPSA) is 32.3 Å². The third-order valence-corrected chi connectivity index (χ3v) is 3.53. The van der Waals surface area contributed by atoms with Gasteiger partial charge in [-0.15, -0.1) is 0 Å². The number of rotatable bonds is 5. The van der Waals surface area contributed by atoms with E-state index in [-0.39, 0.29) is 18.2 Å². The van der Waals surface area contributed by atoms with E-state index in [9.17, 15) is 13.9 Å². The molecule has 0 heterocycles. The van der Waals surface area contributed by atoms with Crippen molar-refractivity contribution >= 4 is 0 Å². The predicted molar refractivity (Wildman–Crippen MR) is 78.9 cm³/mol. The molecular weight excluding hydrogens is 272 g/mol. The minimum atomic E-state index is -1.22. The molecule has 2 aromatic rings. The smallest absolute Gasteiger partial charge is 0.131 e. The zero-order valence-electron chi connectivity index (χ0n) is 12.1. The second kappa shape index (κ2) is 6.78. The molecule has 0 aliphatic rings. The molecule has 2 rings (SSSR count). The van der Waals surface area contributed by atoms with Crippen LogP contribution in [0.15, 0.2) is 42.5 Å². The van der Waals surface area contributed by atoms with Gasteiger partial charge in [0.2, 0.25) is 0 Å². The number of hydrogen-bond acceptors (Lipinski definition) is 2. The van der Waals surface area contributed by atoms with Crippen LogP contribution in [-0.4, -0.2) is 11.7 Å². The number of benzene rings is 2. The average molecular weight is 291 g/mol. The van der Waals surface area contributed by atoms with Crippen molar-refractivity contribution in [2.24, 2.45) is 0 Å². The molecule has 2 nitrogen and oxygen atoms in total. The van der Waals surface area contributed by atoms with Crippen molar-refractivity contribution in [3.63, 3.8) is 0 Å². The van der Waals surface area contributed by atoms with E-state index in [4.69, 9.17) is 0 Å². The summed E-state index contributed by atoms with van der Waals surface area (Å²) in [6, 6.07) is 11.5. The molecule has 0 fully saturated rings. The van der Waals surface area contributed by atoms with E-state index in [1.807, 2.05) is 38.1 Å². The van der Waals surface area contributed by atoms with Gasteiger partial charge in [0.25, 0.3) is 0 Å². The Bertz CT molecular complexity index is 578. The third-order valence-electron chi connectivity index (χ3n) is 3.53. The van der Waals surface area contributed by atoms with Crippen LogP contribution >= 0.6 is 0 Å². The minimum absolute atomic E-state index is 0.0184. The molecule has 0 bridgehead atoms. The maximum Gasteiger partial charge on any atom is 0.131 e. The lowest BCUT2D eigenvalue weighted by Crippen LogP contribution is -2.25. The molecule has 0 aromatic heterocycles. The van der Waals surface area contributed by atoms with Crippen molar-refractivity contribution in [1.82, 2.24) is 5.32 Å². The van der Waals surface area contributed by atoms with Crippen molar-refractivity contribution in [3.05, 3.63) is 70.8 Å². The lowest BCUT2D eigenvalue weighted by atomic mass is 10.0. The van der Waals surface area contributed by atoms with Crippen molar-refractivity contribution in [2.45, 2.75) is 26.0 Å². The van der Waals surface area contributed by atoms with Gasteiger partial charge in [-0.2, -0.15) is 0 Å². The lowest BCUT2D eigenvalue weighted by molar-refractivity contribution is 0.161. The van der Waals surface area contributed by atoms with Crippen LogP contribution in [0.3, 0.4) is 0 Å². The van der Waals surface area contributed by atoms with Crippen molar-refractivity contribution in [2.75, 3.05) is 6.54 Å². The van der Waals surface area contributed by atoms with Gasteiger partial charge in [0.05, 0.1) is 11.7 Å². The molecule has 21 heavy (non-hydrogen) atoms. The fourth-order valence-corrected chi connectivity index (χ4v) is 2.19. The summed E-state index contributed by atoms with van der Waals surface area (Å²) in [5, 5.41) is 13.1. The van der Waals surface area contributed by atoms with Crippen LogP contribution in [0.2, 0.25) is 0 Å². The first kappa shape index (κ1) is 15.6. The van der Waals surface area contributed by atoms with Gasteiger partial charge in [-0.3, -0.25) is 0 Å². The molecule has 0 radical (unpaired) electrons. The molecule has 2 N–H and O–H groups in total. The highest BCUT2D eigenvalue weighted by Gasteiger charge is 2.18. The largest absolute Gasteiger partial charge is 0.387 e. The van der Waals surface area contributed by atoms with Crippen LogP contribution in [0.25, 0.3) is 0 Å². The zero-order chi connectivity index (χ0) is 15.4. The Balaban J connectivity index is 2.00. The Labute approximate surface area is 123 Å².